The summed E-state index contributed by atoms with van der Waals surface area (Å²) in [6.45, 7) is 0. The molecule has 1 aromatic carbocycles. The number of carbonyl (C=O) groups is 1. The lowest BCUT2D eigenvalue weighted by Gasteiger charge is -2.56. The van der Waals surface area contributed by atoms with E-state index in [1.807, 2.05) is 30.3 Å². The van der Waals surface area contributed by atoms with Crippen LogP contribution in [0.5, 0.6) is 0 Å². The van der Waals surface area contributed by atoms with Gasteiger partial charge in [-0.25, -0.2) is 0 Å². The van der Waals surface area contributed by atoms with Crippen LogP contribution in [0.3, 0.4) is 0 Å². The van der Waals surface area contributed by atoms with E-state index in [1.165, 1.54) is 38.5 Å². The van der Waals surface area contributed by atoms with E-state index in [-0.39, 0.29) is 11.4 Å². The number of carbonyl (C=O) groups excluding carboxylic acids is 1. The van der Waals surface area contributed by atoms with E-state index in [4.69, 9.17) is 0 Å². The second kappa shape index (κ2) is 5.69. The van der Waals surface area contributed by atoms with Crippen LogP contribution in [0.1, 0.15) is 49.0 Å². The first-order valence-corrected chi connectivity index (χ1v) is 9.53. The number of hydrogen-bond acceptors (Lipinski definition) is 2. The summed E-state index contributed by atoms with van der Waals surface area (Å²) in [5.74, 6) is 2.49. The maximum absolute atomic E-state index is 12.9. The third-order valence-electron chi connectivity index (χ3n) is 6.52. The van der Waals surface area contributed by atoms with Gasteiger partial charge in [0.1, 0.15) is 5.69 Å². The molecule has 4 fully saturated rings. The summed E-state index contributed by atoms with van der Waals surface area (Å²) in [6.07, 6.45) is 9.41. The normalized spacial score (nSPS) is 32.6. The second-order valence-electron chi connectivity index (χ2n) is 8.45. The van der Waals surface area contributed by atoms with Gasteiger partial charge in [0.15, 0.2) is 0 Å². The van der Waals surface area contributed by atoms with Crippen molar-refractivity contribution in [3.05, 3.63) is 54.4 Å². The van der Waals surface area contributed by atoms with Gasteiger partial charge in [-0.3, -0.25) is 9.78 Å². The SMILES string of the molecule is O=C(NC12CC3CC(CC(C3)C1)C2)c1cc(-c2ccccc2)ccn1. The molecule has 3 nitrogen and oxygen atoms in total. The van der Waals surface area contributed by atoms with Gasteiger partial charge in [-0.15, -0.1) is 0 Å². The van der Waals surface area contributed by atoms with Crippen molar-refractivity contribution in [1.82, 2.24) is 10.3 Å². The fourth-order valence-electron chi connectivity index (χ4n) is 5.93. The first-order valence-electron chi connectivity index (χ1n) is 9.53. The Hall–Kier alpha value is -2.16. The van der Waals surface area contributed by atoms with Gasteiger partial charge in [-0.1, -0.05) is 30.3 Å². The van der Waals surface area contributed by atoms with E-state index in [0.717, 1.165) is 28.9 Å². The van der Waals surface area contributed by atoms with E-state index in [0.29, 0.717) is 5.69 Å². The van der Waals surface area contributed by atoms with Crippen LogP contribution in [-0.4, -0.2) is 16.4 Å². The number of pyridine rings is 1. The van der Waals surface area contributed by atoms with Gasteiger partial charge in [0.05, 0.1) is 0 Å². The molecule has 4 bridgehead atoms. The van der Waals surface area contributed by atoms with E-state index in [1.54, 1.807) is 6.20 Å². The van der Waals surface area contributed by atoms with E-state index >= 15 is 0 Å². The molecule has 0 atom stereocenters. The number of benzene rings is 1. The maximum atomic E-state index is 12.9. The average molecular weight is 332 g/mol. The molecule has 0 aliphatic heterocycles. The summed E-state index contributed by atoms with van der Waals surface area (Å²) in [5.41, 5.74) is 2.74. The summed E-state index contributed by atoms with van der Waals surface area (Å²) in [5, 5.41) is 3.42. The quantitative estimate of drug-likeness (QED) is 0.902. The van der Waals surface area contributed by atoms with E-state index in [9.17, 15) is 4.79 Å². The van der Waals surface area contributed by atoms with Gasteiger partial charge in [0.2, 0.25) is 0 Å². The van der Waals surface area contributed by atoms with Crippen molar-refractivity contribution < 1.29 is 4.79 Å². The number of rotatable bonds is 3. The molecule has 128 valence electrons. The third kappa shape index (κ3) is 2.76. The zero-order valence-electron chi connectivity index (χ0n) is 14.4. The van der Waals surface area contributed by atoms with Crippen LogP contribution >= 0.6 is 0 Å². The zero-order valence-corrected chi connectivity index (χ0v) is 14.4. The van der Waals surface area contributed by atoms with Gasteiger partial charge >= 0.3 is 0 Å². The minimum Gasteiger partial charge on any atom is -0.345 e. The van der Waals surface area contributed by atoms with E-state index < -0.39 is 0 Å². The molecule has 0 spiro atoms. The number of aromatic nitrogens is 1. The lowest BCUT2D eigenvalue weighted by Crippen LogP contribution is -2.59. The first kappa shape index (κ1) is 15.1. The Morgan fingerprint density at radius 1 is 0.920 bits per heavy atom. The van der Waals surface area contributed by atoms with Crippen molar-refractivity contribution in [2.45, 2.75) is 44.1 Å². The van der Waals surface area contributed by atoms with Crippen LogP contribution in [0.4, 0.5) is 0 Å². The Bertz CT molecular complexity index is 763. The van der Waals surface area contributed by atoms with Crippen LogP contribution in [0.15, 0.2) is 48.7 Å². The molecule has 0 unspecified atom stereocenters. The molecule has 4 aliphatic rings. The van der Waals surface area contributed by atoms with Crippen LogP contribution < -0.4 is 5.32 Å². The Morgan fingerprint density at radius 3 is 2.20 bits per heavy atom. The van der Waals surface area contributed by atoms with Crippen molar-refractivity contribution in [2.75, 3.05) is 0 Å². The fraction of sp³-hybridized carbons (Fsp3) is 0.455. The van der Waals surface area contributed by atoms with Gasteiger partial charge in [-0.2, -0.15) is 0 Å². The van der Waals surface area contributed by atoms with Crippen molar-refractivity contribution in [2.24, 2.45) is 17.8 Å². The van der Waals surface area contributed by atoms with Crippen LogP contribution in [0.25, 0.3) is 11.1 Å². The molecule has 1 amide bonds. The fourth-order valence-corrected chi connectivity index (χ4v) is 5.93. The van der Waals surface area contributed by atoms with Gasteiger partial charge in [0.25, 0.3) is 5.91 Å². The van der Waals surface area contributed by atoms with Gasteiger partial charge in [0, 0.05) is 11.7 Å². The molecule has 2 aromatic rings. The van der Waals surface area contributed by atoms with Gasteiger partial charge < -0.3 is 5.32 Å². The van der Waals surface area contributed by atoms with Crippen LogP contribution in [-0.2, 0) is 0 Å². The molecule has 4 aliphatic carbocycles. The highest BCUT2D eigenvalue weighted by Gasteiger charge is 2.51. The molecule has 1 N–H and O–H groups in total. The van der Waals surface area contributed by atoms with Crippen molar-refractivity contribution in [3.63, 3.8) is 0 Å². The number of nitrogens with one attached hydrogen (secondary N) is 1. The maximum Gasteiger partial charge on any atom is 0.270 e. The summed E-state index contributed by atoms with van der Waals surface area (Å²) in [4.78, 5) is 17.3. The molecule has 6 rings (SSSR count). The van der Waals surface area contributed by atoms with Crippen molar-refractivity contribution >= 4 is 5.91 Å². The summed E-state index contributed by atoms with van der Waals surface area (Å²) in [7, 11) is 0. The van der Waals surface area contributed by atoms with Crippen molar-refractivity contribution in [1.29, 1.82) is 0 Å². The lowest BCUT2D eigenvalue weighted by atomic mass is 9.53. The largest absolute Gasteiger partial charge is 0.345 e. The molecular formula is C22H24N2O. The average Bonchev–Trinajstić information content (AvgIpc) is 2.61. The Balaban J connectivity index is 1.38. The second-order valence-corrected chi connectivity index (χ2v) is 8.45. The van der Waals surface area contributed by atoms with Crippen molar-refractivity contribution in [3.8, 4) is 11.1 Å². The lowest BCUT2D eigenvalue weighted by molar-refractivity contribution is -0.0167. The molecular weight excluding hydrogens is 308 g/mol. The summed E-state index contributed by atoms with van der Waals surface area (Å²) in [6, 6.07) is 14.1. The third-order valence-corrected chi connectivity index (χ3v) is 6.52. The zero-order chi connectivity index (χ0) is 16.9. The Labute approximate surface area is 148 Å². The number of nitrogens with zero attached hydrogens (tertiary/aromatic N) is 1. The molecule has 0 saturated heterocycles. The standard InChI is InChI=1S/C22H24N2O/c25-21(20-11-19(6-7-23-20)18-4-2-1-3-5-18)24-22-12-15-8-16(13-22)10-17(9-15)14-22/h1-7,11,15-17H,8-10,12-14H2,(H,24,25). The smallest absolute Gasteiger partial charge is 0.270 e. The predicted molar refractivity (Wildman–Crippen MR) is 98.0 cm³/mol. The molecule has 4 saturated carbocycles. The monoisotopic (exact) mass is 332 g/mol. The molecule has 1 heterocycles. The first-order chi connectivity index (χ1) is 12.2. The highest BCUT2D eigenvalue weighted by Crippen LogP contribution is 2.55. The molecule has 25 heavy (non-hydrogen) atoms. The number of amides is 1. The minimum absolute atomic E-state index is 0.000249. The van der Waals surface area contributed by atoms with Crippen LogP contribution in [0.2, 0.25) is 0 Å². The highest BCUT2D eigenvalue weighted by atomic mass is 16.2. The number of hydrogen-bond donors (Lipinski definition) is 1. The van der Waals surface area contributed by atoms with E-state index in [2.05, 4.69) is 22.4 Å². The Kier molecular flexibility index (Phi) is 3.44. The molecule has 3 heteroatoms. The predicted octanol–water partition coefficient (Wildman–Crippen LogP) is 4.45. The summed E-state index contributed by atoms with van der Waals surface area (Å²) < 4.78 is 0. The minimum atomic E-state index is -0.000249. The van der Waals surface area contributed by atoms with Crippen LogP contribution in [0, 0.1) is 17.8 Å². The van der Waals surface area contributed by atoms with Gasteiger partial charge in [-0.05, 0) is 79.5 Å². The highest BCUT2D eigenvalue weighted by molar-refractivity contribution is 5.94. The Morgan fingerprint density at radius 2 is 1.56 bits per heavy atom. The topological polar surface area (TPSA) is 42.0 Å². The molecule has 0 radical (unpaired) electrons. The summed E-state index contributed by atoms with van der Waals surface area (Å²) >= 11 is 0. The molecule has 1 aromatic heterocycles.